The van der Waals surface area contributed by atoms with Crippen LogP contribution in [0.1, 0.15) is 32.6 Å². The zero-order valence-electron chi connectivity index (χ0n) is 10.8. The highest BCUT2D eigenvalue weighted by Crippen LogP contribution is 2.48. The fourth-order valence-corrected chi connectivity index (χ4v) is 4.58. The fourth-order valence-electron chi connectivity index (χ4n) is 3.30. The molecule has 0 bridgehead atoms. The van der Waals surface area contributed by atoms with Crippen LogP contribution in [0.25, 0.3) is 0 Å². The summed E-state index contributed by atoms with van der Waals surface area (Å²) >= 11 is 1.95. The molecular formula is C13H25NO2S. The minimum absolute atomic E-state index is 0.149. The Bertz CT molecular complexity index is 246. The van der Waals surface area contributed by atoms with Crippen LogP contribution < -0.4 is 0 Å². The van der Waals surface area contributed by atoms with Gasteiger partial charge < -0.3 is 15.1 Å². The van der Waals surface area contributed by atoms with Gasteiger partial charge in [-0.3, -0.25) is 0 Å². The smallest absolute Gasteiger partial charge is 0.0750 e. The van der Waals surface area contributed by atoms with Crippen molar-refractivity contribution in [3.63, 3.8) is 0 Å². The lowest BCUT2D eigenvalue weighted by Crippen LogP contribution is -2.57. The lowest BCUT2D eigenvalue weighted by molar-refractivity contribution is -0.143. The van der Waals surface area contributed by atoms with Gasteiger partial charge in [-0.15, -0.1) is 0 Å². The molecule has 0 radical (unpaired) electrons. The number of rotatable bonds is 3. The Kier molecular flexibility index (Phi) is 4.40. The van der Waals surface area contributed by atoms with E-state index in [9.17, 15) is 10.2 Å². The van der Waals surface area contributed by atoms with Gasteiger partial charge in [0.15, 0.2) is 0 Å². The Labute approximate surface area is 109 Å². The minimum Gasteiger partial charge on any atom is -0.396 e. The summed E-state index contributed by atoms with van der Waals surface area (Å²) in [6, 6.07) is 0. The number of aliphatic hydroxyl groups excluding tert-OH is 1. The van der Waals surface area contributed by atoms with E-state index in [0.717, 1.165) is 56.8 Å². The first-order valence-corrected chi connectivity index (χ1v) is 7.95. The first-order chi connectivity index (χ1) is 8.16. The Morgan fingerprint density at radius 3 is 2.18 bits per heavy atom. The molecule has 2 N–H and O–H groups in total. The van der Waals surface area contributed by atoms with Gasteiger partial charge in [0.2, 0.25) is 0 Å². The van der Waals surface area contributed by atoms with Crippen molar-refractivity contribution in [2.24, 2.45) is 5.41 Å². The molecule has 17 heavy (non-hydrogen) atoms. The van der Waals surface area contributed by atoms with E-state index in [1.165, 1.54) is 0 Å². The SMILES string of the molecule is CCN1CCC(O)(C2(CO)CCSCC2)CC1. The molecule has 2 aliphatic rings. The lowest BCUT2D eigenvalue weighted by atomic mass is 9.64. The molecule has 0 aliphatic carbocycles. The van der Waals surface area contributed by atoms with E-state index in [4.69, 9.17) is 0 Å². The van der Waals surface area contributed by atoms with Crippen molar-refractivity contribution in [2.45, 2.75) is 38.2 Å². The van der Waals surface area contributed by atoms with Crippen LogP contribution in [0.5, 0.6) is 0 Å². The van der Waals surface area contributed by atoms with Crippen LogP contribution in [0, 0.1) is 5.41 Å². The summed E-state index contributed by atoms with van der Waals surface area (Å²) < 4.78 is 0. The highest BCUT2D eigenvalue weighted by Gasteiger charge is 2.51. The average molecular weight is 259 g/mol. The third-order valence-corrected chi connectivity index (χ3v) is 5.86. The second kappa shape index (κ2) is 5.47. The monoisotopic (exact) mass is 259 g/mol. The van der Waals surface area contributed by atoms with Crippen LogP contribution in [0.15, 0.2) is 0 Å². The molecule has 2 fully saturated rings. The predicted molar refractivity (Wildman–Crippen MR) is 72.4 cm³/mol. The summed E-state index contributed by atoms with van der Waals surface area (Å²) in [5.74, 6) is 2.17. The van der Waals surface area contributed by atoms with E-state index in [0.29, 0.717) is 0 Å². The molecule has 0 spiro atoms. The van der Waals surface area contributed by atoms with Crippen molar-refractivity contribution < 1.29 is 10.2 Å². The van der Waals surface area contributed by atoms with Crippen molar-refractivity contribution in [3.05, 3.63) is 0 Å². The molecule has 0 aromatic carbocycles. The molecule has 0 saturated carbocycles. The third kappa shape index (κ3) is 2.50. The summed E-state index contributed by atoms with van der Waals surface area (Å²) in [6.45, 7) is 5.33. The molecule has 0 amide bonds. The Balaban J connectivity index is 2.08. The highest BCUT2D eigenvalue weighted by atomic mass is 32.2. The van der Waals surface area contributed by atoms with Crippen LogP contribution in [0.3, 0.4) is 0 Å². The molecule has 4 heteroatoms. The maximum absolute atomic E-state index is 11.0. The van der Waals surface area contributed by atoms with Gasteiger partial charge >= 0.3 is 0 Å². The Morgan fingerprint density at radius 2 is 1.71 bits per heavy atom. The minimum atomic E-state index is -0.631. The molecule has 2 saturated heterocycles. The van der Waals surface area contributed by atoms with Crippen molar-refractivity contribution >= 4 is 11.8 Å². The van der Waals surface area contributed by atoms with Gasteiger partial charge in [0.05, 0.1) is 12.2 Å². The molecule has 2 aliphatic heterocycles. The molecule has 0 aromatic rings. The number of nitrogens with zero attached hydrogens (tertiary/aromatic N) is 1. The molecule has 2 rings (SSSR count). The van der Waals surface area contributed by atoms with E-state index in [-0.39, 0.29) is 12.0 Å². The first kappa shape index (κ1) is 13.7. The van der Waals surface area contributed by atoms with E-state index < -0.39 is 5.60 Å². The highest BCUT2D eigenvalue weighted by molar-refractivity contribution is 7.99. The quantitative estimate of drug-likeness (QED) is 0.803. The summed E-state index contributed by atoms with van der Waals surface area (Å²) in [6.07, 6.45) is 3.59. The molecule has 100 valence electrons. The van der Waals surface area contributed by atoms with E-state index in [2.05, 4.69) is 11.8 Å². The molecule has 0 atom stereocenters. The lowest BCUT2D eigenvalue weighted by Gasteiger charge is -2.52. The first-order valence-electron chi connectivity index (χ1n) is 6.79. The van der Waals surface area contributed by atoms with Gasteiger partial charge in [-0.2, -0.15) is 11.8 Å². The van der Waals surface area contributed by atoms with E-state index in [1.54, 1.807) is 0 Å². The summed E-state index contributed by atoms with van der Waals surface area (Å²) in [7, 11) is 0. The van der Waals surface area contributed by atoms with Crippen molar-refractivity contribution in [1.82, 2.24) is 4.90 Å². The van der Waals surface area contributed by atoms with Gasteiger partial charge in [0, 0.05) is 18.5 Å². The third-order valence-electron chi connectivity index (χ3n) is 4.87. The molecule has 2 heterocycles. The van der Waals surface area contributed by atoms with Gasteiger partial charge in [-0.05, 0) is 43.7 Å². The Morgan fingerprint density at radius 1 is 1.12 bits per heavy atom. The molecule has 0 aromatic heterocycles. The maximum atomic E-state index is 11.0. The topological polar surface area (TPSA) is 43.7 Å². The van der Waals surface area contributed by atoms with Crippen LogP contribution in [0.4, 0.5) is 0 Å². The van der Waals surface area contributed by atoms with Crippen LogP contribution in [0.2, 0.25) is 0 Å². The number of likely N-dealkylation sites (tertiary alicyclic amines) is 1. The largest absolute Gasteiger partial charge is 0.396 e. The number of hydrogen-bond donors (Lipinski definition) is 2. The van der Waals surface area contributed by atoms with Crippen molar-refractivity contribution in [2.75, 3.05) is 37.7 Å². The molecule has 3 nitrogen and oxygen atoms in total. The predicted octanol–water partition coefficient (Wildman–Crippen LogP) is 1.34. The average Bonchev–Trinajstić information content (AvgIpc) is 2.40. The normalized spacial score (nSPS) is 29.1. The van der Waals surface area contributed by atoms with Gasteiger partial charge in [0.25, 0.3) is 0 Å². The number of hydrogen-bond acceptors (Lipinski definition) is 4. The summed E-state index contributed by atoms with van der Waals surface area (Å²) in [5.41, 5.74) is -0.855. The second-order valence-corrected chi connectivity index (χ2v) is 6.74. The van der Waals surface area contributed by atoms with E-state index in [1.807, 2.05) is 11.8 Å². The maximum Gasteiger partial charge on any atom is 0.0750 e. The van der Waals surface area contributed by atoms with Gasteiger partial charge in [0.1, 0.15) is 0 Å². The number of thioether (sulfide) groups is 1. The zero-order valence-corrected chi connectivity index (χ0v) is 11.6. The van der Waals surface area contributed by atoms with Crippen LogP contribution in [-0.4, -0.2) is 58.5 Å². The fraction of sp³-hybridized carbons (Fsp3) is 1.00. The zero-order chi connectivity index (χ0) is 12.4. The van der Waals surface area contributed by atoms with Crippen molar-refractivity contribution in [1.29, 1.82) is 0 Å². The molecular weight excluding hydrogens is 234 g/mol. The van der Waals surface area contributed by atoms with Crippen LogP contribution >= 0.6 is 11.8 Å². The Hall–Kier alpha value is 0.230. The number of aliphatic hydroxyl groups is 2. The van der Waals surface area contributed by atoms with Gasteiger partial charge in [-0.1, -0.05) is 6.92 Å². The standard InChI is InChI=1S/C13H25NO2S/c1-2-14-7-3-13(16,4-8-14)12(11-15)5-9-17-10-6-12/h15-16H,2-11H2,1H3. The molecule has 0 unspecified atom stereocenters. The van der Waals surface area contributed by atoms with Crippen molar-refractivity contribution in [3.8, 4) is 0 Å². The number of piperidine rings is 1. The summed E-state index contributed by atoms with van der Waals surface area (Å²) in [5, 5.41) is 20.8. The second-order valence-electron chi connectivity index (χ2n) is 5.52. The summed E-state index contributed by atoms with van der Waals surface area (Å²) in [4.78, 5) is 2.39. The van der Waals surface area contributed by atoms with Crippen LogP contribution in [-0.2, 0) is 0 Å². The van der Waals surface area contributed by atoms with E-state index >= 15 is 0 Å². The van der Waals surface area contributed by atoms with Gasteiger partial charge in [-0.25, -0.2) is 0 Å².